The molecule has 4 nitrogen and oxygen atoms in total. The van der Waals surface area contributed by atoms with Crippen LogP contribution >= 0.6 is 0 Å². The number of nitriles is 1. The summed E-state index contributed by atoms with van der Waals surface area (Å²) in [5, 5.41) is 9.78. The smallest absolute Gasteiger partial charge is 0.180 e. The number of ketones is 1. The topological polar surface area (TPSA) is 53.3 Å². The molecule has 4 heteroatoms. The highest BCUT2D eigenvalue weighted by Crippen LogP contribution is 2.32. The molecule has 3 aromatic carbocycles. The molecule has 30 heavy (non-hydrogen) atoms. The van der Waals surface area contributed by atoms with Crippen molar-refractivity contribution in [3.8, 4) is 11.8 Å². The fourth-order valence-electron chi connectivity index (χ4n) is 4.09. The van der Waals surface area contributed by atoms with Crippen molar-refractivity contribution in [3.63, 3.8) is 0 Å². The zero-order chi connectivity index (χ0) is 20.9. The minimum absolute atomic E-state index is 0.0841. The summed E-state index contributed by atoms with van der Waals surface area (Å²) >= 11 is 0. The molecule has 0 radical (unpaired) electrons. The van der Waals surface area contributed by atoms with Gasteiger partial charge in [-0.05, 0) is 48.7 Å². The van der Waals surface area contributed by atoms with Crippen molar-refractivity contribution >= 4 is 5.78 Å². The van der Waals surface area contributed by atoms with E-state index in [1.165, 1.54) is 5.56 Å². The molecule has 0 saturated carbocycles. The average Bonchev–Trinajstić information content (AvgIpc) is 2.78. The number of benzene rings is 3. The summed E-state index contributed by atoms with van der Waals surface area (Å²) in [5.74, 6) is 0.629. The van der Waals surface area contributed by atoms with Crippen LogP contribution in [0.4, 0.5) is 0 Å². The van der Waals surface area contributed by atoms with Gasteiger partial charge in [-0.25, -0.2) is 0 Å². The zero-order valence-corrected chi connectivity index (χ0v) is 17.0. The summed E-state index contributed by atoms with van der Waals surface area (Å²) in [5.41, 5.74) is 4.17. The Balaban J connectivity index is 1.53. The molecule has 1 unspecified atom stereocenters. The van der Waals surface area contributed by atoms with E-state index in [9.17, 15) is 10.1 Å². The lowest BCUT2D eigenvalue weighted by Gasteiger charge is -2.31. The molecule has 1 atom stereocenters. The Kier molecular flexibility index (Phi) is 5.92. The van der Waals surface area contributed by atoms with Gasteiger partial charge >= 0.3 is 0 Å². The Morgan fingerprint density at radius 1 is 1.00 bits per heavy atom. The second-order valence-corrected chi connectivity index (χ2v) is 7.67. The van der Waals surface area contributed by atoms with E-state index in [-0.39, 0.29) is 11.8 Å². The minimum atomic E-state index is -0.180. The number of likely N-dealkylation sites (N-methyl/N-ethyl adjacent to an activating group) is 1. The first-order valence-electron chi connectivity index (χ1n) is 10.2. The summed E-state index contributed by atoms with van der Waals surface area (Å²) in [6, 6.07) is 25.7. The van der Waals surface area contributed by atoms with Crippen LogP contribution in [0.15, 0.2) is 72.8 Å². The molecular formula is C26H24N2O2. The van der Waals surface area contributed by atoms with E-state index in [4.69, 9.17) is 4.74 Å². The lowest BCUT2D eigenvalue weighted by Crippen LogP contribution is -2.41. The molecule has 0 heterocycles. The van der Waals surface area contributed by atoms with E-state index in [1.807, 2.05) is 61.6 Å². The molecule has 0 N–H and O–H groups in total. The normalized spacial score (nSPS) is 15.5. The van der Waals surface area contributed by atoms with E-state index >= 15 is 0 Å². The Morgan fingerprint density at radius 3 is 2.33 bits per heavy atom. The van der Waals surface area contributed by atoms with Crippen molar-refractivity contribution in [3.05, 3.63) is 101 Å². The van der Waals surface area contributed by atoms with Crippen molar-refractivity contribution < 1.29 is 9.53 Å². The van der Waals surface area contributed by atoms with Crippen molar-refractivity contribution in [2.24, 2.45) is 0 Å². The average molecular weight is 396 g/mol. The molecule has 0 aliphatic heterocycles. The van der Waals surface area contributed by atoms with Crippen molar-refractivity contribution in [1.29, 1.82) is 5.26 Å². The maximum Gasteiger partial charge on any atom is 0.180 e. The van der Waals surface area contributed by atoms with Gasteiger partial charge in [-0.2, -0.15) is 5.26 Å². The van der Waals surface area contributed by atoms with Crippen molar-refractivity contribution in [2.75, 3.05) is 7.05 Å². The quantitative estimate of drug-likeness (QED) is 0.602. The Hall–Kier alpha value is -3.42. The number of carbonyl (C=O) groups is 1. The SMILES string of the molecule is CN(Cc1ccccc1)C1CCc2c(ccc(OCc3ccccc3)c2C#N)C1=O. The molecule has 1 aliphatic carbocycles. The number of hydrogen-bond donors (Lipinski definition) is 0. The second kappa shape index (κ2) is 8.94. The van der Waals surface area contributed by atoms with Gasteiger partial charge in [-0.1, -0.05) is 60.7 Å². The van der Waals surface area contributed by atoms with E-state index in [0.29, 0.717) is 36.3 Å². The molecule has 0 bridgehead atoms. The Bertz CT molecular complexity index is 1070. The molecule has 1 aliphatic rings. The highest BCUT2D eigenvalue weighted by Gasteiger charge is 2.32. The number of fused-ring (bicyclic) bond motifs is 1. The van der Waals surface area contributed by atoms with Gasteiger partial charge in [0.05, 0.1) is 11.6 Å². The van der Waals surface area contributed by atoms with Crippen molar-refractivity contribution in [2.45, 2.75) is 32.0 Å². The number of carbonyl (C=O) groups excluding carboxylic acids is 1. The first-order valence-corrected chi connectivity index (χ1v) is 10.2. The van der Waals surface area contributed by atoms with E-state index in [0.717, 1.165) is 17.7 Å². The van der Waals surface area contributed by atoms with Crippen LogP contribution in [0.3, 0.4) is 0 Å². The lowest BCUT2D eigenvalue weighted by atomic mass is 9.83. The molecule has 4 rings (SSSR count). The number of rotatable bonds is 6. The predicted octanol–water partition coefficient (Wildman–Crippen LogP) is 4.77. The molecule has 0 spiro atoms. The highest BCUT2D eigenvalue weighted by atomic mass is 16.5. The van der Waals surface area contributed by atoms with Crippen LogP contribution in [0, 0.1) is 11.3 Å². The minimum Gasteiger partial charge on any atom is -0.488 e. The van der Waals surface area contributed by atoms with Crippen LogP contribution in [-0.2, 0) is 19.6 Å². The Labute approximate surface area is 177 Å². The van der Waals surface area contributed by atoms with Gasteiger partial charge in [0.25, 0.3) is 0 Å². The van der Waals surface area contributed by atoms with Crippen LogP contribution in [0.1, 0.15) is 39.0 Å². The summed E-state index contributed by atoms with van der Waals surface area (Å²) in [6.07, 6.45) is 1.39. The molecule has 0 aromatic heterocycles. The third-order valence-corrected chi connectivity index (χ3v) is 5.67. The van der Waals surface area contributed by atoms with Gasteiger partial charge in [-0.15, -0.1) is 0 Å². The number of hydrogen-bond acceptors (Lipinski definition) is 4. The predicted molar refractivity (Wildman–Crippen MR) is 116 cm³/mol. The third-order valence-electron chi connectivity index (χ3n) is 5.67. The standard InChI is InChI=1S/C26H24N2O2/c1-28(17-19-8-4-2-5-9-19)24-14-12-21-22(26(24)29)13-15-25(23(21)16-27)30-18-20-10-6-3-7-11-20/h2-11,13,15,24H,12,14,17-18H2,1H3. The fourth-order valence-corrected chi connectivity index (χ4v) is 4.09. The third kappa shape index (κ3) is 4.12. The zero-order valence-electron chi connectivity index (χ0n) is 17.0. The molecule has 0 fully saturated rings. The number of Topliss-reactive ketones (excluding diaryl/α,β-unsaturated/α-hetero) is 1. The Morgan fingerprint density at radius 2 is 1.67 bits per heavy atom. The van der Waals surface area contributed by atoms with Gasteiger partial charge < -0.3 is 4.74 Å². The molecule has 3 aromatic rings. The first kappa shape index (κ1) is 19.9. The van der Waals surface area contributed by atoms with Gasteiger partial charge in [0.2, 0.25) is 0 Å². The largest absolute Gasteiger partial charge is 0.488 e. The number of nitrogens with zero attached hydrogens (tertiary/aromatic N) is 2. The van der Waals surface area contributed by atoms with Gasteiger partial charge in [-0.3, -0.25) is 9.69 Å². The van der Waals surface area contributed by atoms with Crippen LogP contribution in [0.2, 0.25) is 0 Å². The molecule has 0 amide bonds. The summed E-state index contributed by atoms with van der Waals surface area (Å²) in [6.45, 7) is 1.11. The maximum atomic E-state index is 13.2. The van der Waals surface area contributed by atoms with Gasteiger partial charge in [0.15, 0.2) is 5.78 Å². The van der Waals surface area contributed by atoms with Crippen molar-refractivity contribution in [1.82, 2.24) is 4.90 Å². The summed E-state index contributed by atoms with van der Waals surface area (Å²) in [4.78, 5) is 15.3. The molecule has 150 valence electrons. The lowest BCUT2D eigenvalue weighted by molar-refractivity contribution is 0.0817. The second-order valence-electron chi connectivity index (χ2n) is 7.67. The molecule has 0 saturated heterocycles. The monoisotopic (exact) mass is 396 g/mol. The fraction of sp³-hybridized carbons (Fsp3) is 0.231. The first-order chi connectivity index (χ1) is 14.7. The van der Waals surface area contributed by atoms with E-state index < -0.39 is 0 Å². The van der Waals surface area contributed by atoms with Crippen LogP contribution in [-0.4, -0.2) is 23.8 Å². The van der Waals surface area contributed by atoms with Crippen LogP contribution in [0.25, 0.3) is 0 Å². The van der Waals surface area contributed by atoms with E-state index in [2.05, 4.69) is 23.1 Å². The summed E-state index contributed by atoms with van der Waals surface area (Å²) in [7, 11) is 1.99. The van der Waals surface area contributed by atoms with Gasteiger partial charge in [0.1, 0.15) is 18.4 Å². The van der Waals surface area contributed by atoms with Crippen LogP contribution in [0.5, 0.6) is 5.75 Å². The van der Waals surface area contributed by atoms with E-state index in [1.54, 1.807) is 6.07 Å². The van der Waals surface area contributed by atoms with Crippen LogP contribution < -0.4 is 4.74 Å². The number of ether oxygens (including phenoxy) is 1. The summed E-state index contributed by atoms with van der Waals surface area (Å²) < 4.78 is 5.92. The molecular weight excluding hydrogens is 372 g/mol. The maximum absolute atomic E-state index is 13.2. The van der Waals surface area contributed by atoms with Gasteiger partial charge in [0, 0.05) is 12.1 Å². The highest BCUT2D eigenvalue weighted by molar-refractivity contribution is 6.03.